The molecule has 0 unspecified atom stereocenters. The van der Waals surface area contributed by atoms with Crippen LogP contribution in [-0.4, -0.2) is 19.6 Å². The molecule has 0 bridgehead atoms. The van der Waals surface area contributed by atoms with Crippen molar-refractivity contribution in [3.8, 4) is 0 Å². The highest BCUT2D eigenvalue weighted by Crippen LogP contribution is 2.21. The molecule has 0 aliphatic rings. The molecule has 3 nitrogen and oxygen atoms in total. The minimum atomic E-state index is -0.279. The van der Waals surface area contributed by atoms with Gasteiger partial charge in [0, 0.05) is 28.0 Å². The number of hydrogen-bond donors (Lipinski definition) is 1. The first-order valence-electron chi connectivity index (χ1n) is 4.82. The van der Waals surface area contributed by atoms with Crippen LogP contribution in [0.3, 0.4) is 0 Å². The lowest BCUT2D eigenvalue weighted by Crippen LogP contribution is -2.14. The first kappa shape index (κ1) is 13.4. The minimum Gasteiger partial charge on any atom is -0.466 e. The summed E-state index contributed by atoms with van der Waals surface area (Å²) in [5.74, 6) is -0.279. The first-order valence-corrected chi connectivity index (χ1v) is 6.50. The second-order valence-electron chi connectivity index (χ2n) is 3.20. The summed E-state index contributed by atoms with van der Waals surface area (Å²) in [5, 5.41) is 5.27. The maximum atomic E-state index is 11.1. The van der Waals surface area contributed by atoms with Crippen LogP contribution in [0.4, 0.5) is 0 Å². The maximum Gasteiger partial charge on any atom is 0.333 e. The van der Waals surface area contributed by atoms with E-state index in [1.807, 2.05) is 17.5 Å². The fraction of sp³-hybridized carbons (Fsp3) is 0.364. The molecule has 0 aromatic carbocycles. The van der Waals surface area contributed by atoms with Crippen LogP contribution >= 0.6 is 27.3 Å². The molecule has 1 aromatic heterocycles. The van der Waals surface area contributed by atoms with E-state index in [1.54, 1.807) is 18.3 Å². The number of methoxy groups -OCH3 is 1. The minimum absolute atomic E-state index is 0.279. The Morgan fingerprint density at radius 3 is 3.00 bits per heavy atom. The van der Waals surface area contributed by atoms with E-state index in [-0.39, 0.29) is 5.97 Å². The quantitative estimate of drug-likeness (QED) is 0.516. The molecule has 0 fully saturated rings. The predicted molar refractivity (Wildman–Crippen MR) is 69.5 cm³/mol. The summed E-state index contributed by atoms with van der Waals surface area (Å²) in [6, 6.07) is 2.03. The number of carbonyl (C=O) groups excluding carboxylic acids is 1. The molecule has 0 spiro atoms. The van der Waals surface area contributed by atoms with E-state index in [2.05, 4.69) is 26.0 Å². The lowest BCUT2D eigenvalue weighted by molar-refractivity contribution is -0.136. The van der Waals surface area contributed by atoms with Crippen molar-refractivity contribution in [2.45, 2.75) is 13.5 Å². The summed E-state index contributed by atoms with van der Waals surface area (Å²) in [5.41, 5.74) is 0.625. The Morgan fingerprint density at radius 1 is 1.69 bits per heavy atom. The van der Waals surface area contributed by atoms with Crippen molar-refractivity contribution in [2.75, 3.05) is 13.7 Å². The van der Waals surface area contributed by atoms with Gasteiger partial charge in [0.2, 0.25) is 0 Å². The molecule has 1 heterocycles. The molecule has 0 atom stereocenters. The zero-order chi connectivity index (χ0) is 12.0. The summed E-state index contributed by atoms with van der Waals surface area (Å²) < 4.78 is 5.72. The van der Waals surface area contributed by atoms with Gasteiger partial charge in [-0.1, -0.05) is 6.08 Å². The highest BCUT2D eigenvalue weighted by atomic mass is 79.9. The molecular formula is C11H14BrNO2S. The number of esters is 1. The fourth-order valence-corrected chi connectivity index (χ4v) is 2.57. The van der Waals surface area contributed by atoms with E-state index in [9.17, 15) is 4.79 Å². The van der Waals surface area contributed by atoms with Crippen LogP contribution in [0, 0.1) is 0 Å². The van der Waals surface area contributed by atoms with Crippen molar-refractivity contribution in [3.05, 3.63) is 32.4 Å². The number of rotatable bonds is 5. The van der Waals surface area contributed by atoms with Crippen LogP contribution in [-0.2, 0) is 16.1 Å². The third-order valence-corrected chi connectivity index (χ3v) is 3.96. The molecule has 0 saturated carbocycles. The van der Waals surface area contributed by atoms with E-state index < -0.39 is 0 Å². The van der Waals surface area contributed by atoms with Crippen molar-refractivity contribution in [2.24, 2.45) is 0 Å². The van der Waals surface area contributed by atoms with Crippen molar-refractivity contribution >= 4 is 33.2 Å². The summed E-state index contributed by atoms with van der Waals surface area (Å²) in [6.07, 6.45) is 1.83. The van der Waals surface area contributed by atoms with Gasteiger partial charge < -0.3 is 10.1 Å². The third kappa shape index (κ3) is 4.08. The Bertz CT molecular complexity index is 387. The van der Waals surface area contributed by atoms with Gasteiger partial charge in [-0.25, -0.2) is 4.79 Å². The van der Waals surface area contributed by atoms with Gasteiger partial charge in [0.1, 0.15) is 0 Å². The molecule has 16 heavy (non-hydrogen) atoms. The van der Waals surface area contributed by atoms with Gasteiger partial charge in [-0.05, 0) is 34.3 Å². The van der Waals surface area contributed by atoms with Crippen LogP contribution in [0.5, 0.6) is 0 Å². The summed E-state index contributed by atoms with van der Waals surface area (Å²) in [4.78, 5) is 12.3. The fourth-order valence-electron chi connectivity index (χ4n) is 1.11. The largest absolute Gasteiger partial charge is 0.466 e. The van der Waals surface area contributed by atoms with Crippen LogP contribution < -0.4 is 5.32 Å². The molecule has 5 heteroatoms. The van der Waals surface area contributed by atoms with Gasteiger partial charge >= 0.3 is 5.97 Å². The van der Waals surface area contributed by atoms with E-state index in [1.165, 1.54) is 12.0 Å². The van der Waals surface area contributed by atoms with Gasteiger partial charge in [0.25, 0.3) is 0 Å². The van der Waals surface area contributed by atoms with Crippen LogP contribution in [0.25, 0.3) is 0 Å². The van der Waals surface area contributed by atoms with Gasteiger partial charge in [0.15, 0.2) is 0 Å². The van der Waals surface area contributed by atoms with Gasteiger partial charge in [-0.2, -0.15) is 0 Å². The molecule has 1 rings (SSSR count). The van der Waals surface area contributed by atoms with Crippen LogP contribution in [0.1, 0.15) is 11.8 Å². The Labute approximate surface area is 108 Å². The maximum absolute atomic E-state index is 11.1. The number of hydrogen-bond acceptors (Lipinski definition) is 4. The summed E-state index contributed by atoms with van der Waals surface area (Å²) in [6.45, 7) is 3.20. The van der Waals surface area contributed by atoms with E-state index >= 15 is 0 Å². The normalized spacial score (nSPS) is 11.6. The zero-order valence-corrected chi connectivity index (χ0v) is 11.7. The standard InChI is InChI=1S/C11H14BrNO2S/c1-8(11(14)15-2)3-5-13-7-10-9(12)4-6-16-10/h3-4,6,13H,5,7H2,1-2H3/b8-3+. The second-order valence-corrected chi connectivity index (χ2v) is 5.06. The molecule has 88 valence electrons. The van der Waals surface area contributed by atoms with Crippen molar-refractivity contribution in [3.63, 3.8) is 0 Å². The smallest absolute Gasteiger partial charge is 0.333 e. The topological polar surface area (TPSA) is 38.3 Å². The number of nitrogens with one attached hydrogen (secondary N) is 1. The SMILES string of the molecule is COC(=O)/C(C)=C/CNCc1sccc1Br. The Balaban J connectivity index is 2.32. The lowest BCUT2D eigenvalue weighted by atomic mass is 10.3. The Morgan fingerprint density at radius 2 is 2.44 bits per heavy atom. The molecular weight excluding hydrogens is 290 g/mol. The molecule has 0 saturated heterocycles. The highest BCUT2D eigenvalue weighted by Gasteiger charge is 2.02. The van der Waals surface area contributed by atoms with Gasteiger partial charge in [-0.3, -0.25) is 0 Å². The number of halogens is 1. The predicted octanol–water partition coefficient (Wildman–Crippen LogP) is 2.72. The second kappa shape index (κ2) is 6.83. The zero-order valence-electron chi connectivity index (χ0n) is 9.25. The van der Waals surface area contributed by atoms with Crippen molar-refractivity contribution in [1.29, 1.82) is 0 Å². The highest BCUT2D eigenvalue weighted by molar-refractivity contribution is 9.10. The Kier molecular flexibility index (Phi) is 5.73. The van der Waals surface area contributed by atoms with Crippen LogP contribution in [0.15, 0.2) is 27.6 Å². The molecule has 1 N–H and O–H groups in total. The first-order chi connectivity index (χ1) is 7.65. The summed E-state index contributed by atoms with van der Waals surface area (Å²) >= 11 is 5.16. The third-order valence-electron chi connectivity index (χ3n) is 2.04. The van der Waals surface area contributed by atoms with Crippen molar-refractivity contribution < 1.29 is 9.53 Å². The van der Waals surface area contributed by atoms with E-state index in [0.29, 0.717) is 12.1 Å². The van der Waals surface area contributed by atoms with E-state index in [0.717, 1.165) is 11.0 Å². The van der Waals surface area contributed by atoms with Gasteiger partial charge in [-0.15, -0.1) is 11.3 Å². The number of ether oxygens (including phenoxy) is 1. The van der Waals surface area contributed by atoms with Crippen molar-refractivity contribution in [1.82, 2.24) is 5.32 Å². The Hall–Kier alpha value is -0.650. The summed E-state index contributed by atoms with van der Waals surface area (Å²) in [7, 11) is 1.38. The molecule has 0 aliphatic carbocycles. The average Bonchev–Trinajstić information content (AvgIpc) is 2.69. The molecule has 0 radical (unpaired) electrons. The lowest BCUT2D eigenvalue weighted by Gasteiger charge is -2.01. The molecule has 0 aliphatic heterocycles. The monoisotopic (exact) mass is 303 g/mol. The van der Waals surface area contributed by atoms with Gasteiger partial charge in [0.05, 0.1) is 7.11 Å². The van der Waals surface area contributed by atoms with Crippen LogP contribution in [0.2, 0.25) is 0 Å². The number of thiophene rings is 1. The molecule has 0 amide bonds. The van der Waals surface area contributed by atoms with E-state index in [4.69, 9.17) is 0 Å². The number of carbonyl (C=O) groups is 1. The molecule has 1 aromatic rings. The average molecular weight is 304 g/mol.